The van der Waals surface area contributed by atoms with Crippen molar-refractivity contribution < 1.29 is 10.2 Å². The van der Waals surface area contributed by atoms with E-state index >= 15 is 0 Å². The third-order valence-corrected chi connectivity index (χ3v) is 4.24. The summed E-state index contributed by atoms with van der Waals surface area (Å²) in [6, 6.07) is 4.40. The largest absolute Gasteiger partial charge is 0.505 e. The highest BCUT2D eigenvalue weighted by molar-refractivity contribution is 7.98. The summed E-state index contributed by atoms with van der Waals surface area (Å²) < 4.78 is 5.56. The number of nitrogens with zero attached hydrogens (tertiary/aromatic N) is 8. The first-order valence-corrected chi connectivity index (χ1v) is 8.82. The fraction of sp³-hybridized carbons (Fsp3) is 0.154. The van der Waals surface area contributed by atoms with Gasteiger partial charge in [0.2, 0.25) is 10.3 Å². The van der Waals surface area contributed by atoms with E-state index < -0.39 is 0 Å². The van der Waals surface area contributed by atoms with Crippen LogP contribution in [0.25, 0.3) is 0 Å². The van der Waals surface area contributed by atoms with E-state index in [1.54, 1.807) is 19.3 Å². The van der Waals surface area contributed by atoms with Crippen LogP contribution < -0.4 is 0 Å². The van der Waals surface area contributed by atoms with Crippen LogP contribution in [0.15, 0.2) is 50.0 Å². The van der Waals surface area contributed by atoms with E-state index in [0.717, 1.165) is 11.5 Å². The molecule has 0 saturated carbocycles. The van der Waals surface area contributed by atoms with Crippen LogP contribution in [0.5, 0.6) is 11.5 Å². The Morgan fingerprint density at radius 1 is 1.12 bits per heavy atom. The Balaban J connectivity index is 1.89. The molecular weight excluding hydrogens is 364 g/mol. The highest BCUT2D eigenvalue weighted by atomic mass is 32.2. The molecule has 0 unspecified atom stereocenters. The van der Waals surface area contributed by atoms with Gasteiger partial charge in [-0.2, -0.15) is 14.5 Å². The van der Waals surface area contributed by atoms with Crippen molar-refractivity contribution in [3.8, 4) is 11.5 Å². The van der Waals surface area contributed by atoms with Crippen LogP contribution in [0.4, 0.5) is 22.3 Å². The van der Waals surface area contributed by atoms with Gasteiger partial charge >= 0.3 is 0 Å². The van der Waals surface area contributed by atoms with Gasteiger partial charge in [-0.05, 0) is 18.4 Å². The summed E-state index contributed by atoms with van der Waals surface area (Å²) in [5.74, 6) is -0.114. The Kier molecular flexibility index (Phi) is 5.00. The van der Waals surface area contributed by atoms with Crippen molar-refractivity contribution >= 4 is 45.6 Å². The third-order valence-electron chi connectivity index (χ3n) is 2.98. The van der Waals surface area contributed by atoms with Gasteiger partial charge in [0.1, 0.15) is 11.4 Å². The Hall–Kier alpha value is -2.86. The first kappa shape index (κ1) is 17.0. The number of hydrogen-bond acceptors (Lipinski definition) is 11. The molecule has 12 heteroatoms. The molecule has 0 aliphatic carbocycles. The monoisotopic (exact) mass is 376 g/mol. The quantitative estimate of drug-likeness (QED) is 0.505. The highest BCUT2D eigenvalue weighted by Gasteiger charge is 2.13. The van der Waals surface area contributed by atoms with Gasteiger partial charge in [0.15, 0.2) is 17.3 Å². The number of aryl methyl sites for hydroxylation is 1. The average Bonchev–Trinajstić information content (AvgIpc) is 3.23. The van der Waals surface area contributed by atoms with Crippen molar-refractivity contribution in [2.75, 3.05) is 6.26 Å². The van der Waals surface area contributed by atoms with Gasteiger partial charge in [-0.1, -0.05) is 11.8 Å². The molecule has 0 aliphatic heterocycles. The number of hydrogen-bond donors (Lipinski definition) is 2. The Bertz CT molecular complexity index is 949. The number of azo groups is 2. The van der Waals surface area contributed by atoms with Crippen molar-refractivity contribution in [2.24, 2.45) is 27.5 Å². The molecule has 2 heterocycles. The first-order valence-electron chi connectivity index (χ1n) is 6.82. The predicted octanol–water partition coefficient (Wildman–Crippen LogP) is 4.24. The van der Waals surface area contributed by atoms with E-state index in [1.165, 1.54) is 28.6 Å². The van der Waals surface area contributed by atoms with Crippen LogP contribution in [0.1, 0.15) is 0 Å². The molecule has 25 heavy (non-hydrogen) atoms. The minimum absolute atomic E-state index is 0.111. The normalized spacial score (nSPS) is 11.8. The summed E-state index contributed by atoms with van der Waals surface area (Å²) in [7, 11) is 1.70. The smallest absolute Gasteiger partial charge is 0.250 e. The van der Waals surface area contributed by atoms with Crippen molar-refractivity contribution in [2.45, 2.75) is 5.16 Å². The van der Waals surface area contributed by atoms with Gasteiger partial charge < -0.3 is 10.2 Å². The fourth-order valence-corrected chi connectivity index (χ4v) is 2.78. The van der Waals surface area contributed by atoms with Crippen molar-refractivity contribution in [3.63, 3.8) is 0 Å². The summed E-state index contributed by atoms with van der Waals surface area (Å²) in [5.41, 5.74) is 0.0115. The molecule has 0 saturated heterocycles. The molecule has 3 aromatic rings. The van der Waals surface area contributed by atoms with Crippen LogP contribution in [-0.4, -0.2) is 35.6 Å². The van der Waals surface area contributed by atoms with Crippen LogP contribution in [0, 0.1) is 0 Å². The molecule has 2 N–H and O–H groups in total. The third kappa shape index (κ3) is 3.80. The average molecular weight is 376 g/mol. The van der Waals surface area contributed by atoms with Gasteiger partial charge in [0.25, 0.3) is 0 Å². The summed E-state index contributed by atoms with van der Waals surface area (Å²) in [4.78, 5) is 4.12. The summed E-state index contributed by atoms with van der Waals surface area (Å²) in [6.45, 7) is 0. The number of aromatic nitrogens is 4. The number of phenolic OH excluding ortho intramolecular Hbond substituents is 2. The number of aromatic hydroxyl groups is 2. The lowest BCUT2D eigenvalue weighted by molar-refractivity contribution is 0.453. The van der Waals surface area contributed by atoms with Gasteiger partial charge in [-0.3, -0.25) is 0 Å². The first-order chi connectivity index (χ1) is 12.1. The molecule has 0 radical (unpaired) electrons. The zero-order valence-corrected chi connectivity index (χ0v) is 14.7. The zero-order valence-electron chi connectivity index (χ0n) is 13.1. The topological polar surface area (TPSA) is 134 Å². The number of thioether (sulfide) groups is 1. The summed E-state index contributed by atoms with van der Waals surface area (Å²) in [6.07, 6.45) is 3.41. The van der Waals surface area contributed by atoms with Crippen LogP contribution in [0.3, 0.4) is 0 Å². The molecule has 10 nitrogen and oxygen atoms in total. The molecule has 0 fully saturated rings. The Labute approximate surface area is 150 Å². The van der Waals surface area contributed by atoms with E-state index in [1.807, 2.05) is 6.26 Å². The molecule has 0 amide bonds. The standard InChI is InChI=1S/C13H12N8O2S2/c1-21-9(5-6-14-21)17-18-10-8(22)4-3-7(11(10)23)16-19-12-15-13(24-2)20-25-12/h3-6,22-23H,1-2H3/b18-17+,19-16+. The Morgan fingerprint density at radius 3 is 2.64 bits per heavy atom. The minimum atomic E-state index is -0.343. The summed E-state index contributed by atoms with van der Waals surface area (Å²) in [5, 5.41) is 40.8. The van der Waals surface area contributed by atoms with Gasteiger partial charge in [0, 0.05) is 24.6 Å². The lowest BCUT2D eigenvalue weighted by Crippen LogP contribution is -1.86. The molecule has 1 aromatic carbocycles. The minimum Gasteiger partial charge on any atom is -0.505 e. The van der Waals surface area contributed by atoms with Crippen LogP contribution in [0.2, 0.25) is 0 Å². The Morgan fingerprint density at radius 2 is 1.96 bits per heavy atom. The van der Waals surface area contributed by atoms with E-state index in [0.29, 0.717) is 16.1 Å². The maximum absolute atomic E-state index is 10.3. The molecule has 3 rings (SSSR count). The number of rotatable bonds is 5. The lowest BCUT2D eigenvalue weighted by Gasteiger charge is -2.03. The van der Waals surface area contributed by atoms with E-state index in [2.05, 4.69) is 34.9 Å². The van der Waals surface area contributed by atoms with Crippen LogP contribution >= 0.6 is 23.3 Å². The van der Waals surface area contributed by atoms with Crippen molar-refractivity contribution in [3.05, 3.63) is 24.4 Å². The number of phenols is 2. The maximum atomic E-state index is 10.3. The molecule has 2 aromatic heterocycles. The second-order valence-corrected chi connectivity index (χ2v) is 6.08. The fourth-order valence-electron chi connectivity index (χ4n) is 1.73. The molecular formula is C13H12N8O2S2. The maximum Gasteiger partial charge on any atom is 0.250 e. The van der Waals surface area contributed by atoms with Gasteiger partial charge in [-0.15, -0.1) is 20.5 Å². The van der Waals surface area contributed by atoms with Gasteiger partial charge in [-0.25, -0.2) is 4.68 Å². The molecule has 0 spiro atoms. The van der Waals surface area contributed by atoms with Gasteiger partial charge in [0.05, 0.1) is 6.20 Å². The van der Waals surface area contributed by atoms with Crippen LogP contribution in [-0.2, 0) is 7.05 Å². The molecule has 128 valence electrons. The lowest BCUT2D eigenvalue weighted by atomic mass is 10.2. The van der Waals surface area contributed by atoms with E-state index in [-0.39, 0.29) is 22.9 Å². The predicted molar refractivity (Wildman–Crippen MR) is 93.0 cm³/mol. The van der Waals surface area contributed by atoms with Crippen molar-refractivity contribution in [1.82, 2.24) is 19.1 Å². The zero-order chi connectivity index (χ0) is 17.8. The highest BCUT2D eigenvalue weighted by Crippen LogP contribution is 2.44. The SMILES string of the molecule is CSc1nsc(/N=N/c2ccc(O)c(/N=N/c3ccnn3C)c2O)n1. The second kappa shape index (κ2) is 7.36. The van der Waals surface area contributed by atoms with Crippen molar-refractivity contribution in [1.29, 1.82) is 0 Å². The van der Waals surface area contributed by atoms with E-state index in [9.17, 15) is 10.2 Å². The van der Waals surface area contributed by atoms with E-state index in [4.69, 9.17) is 0 Å². The summed E-state index contributed by atoms with van der Waals surface area (Å²) >= 11 is 2.49. The molecule has 0 aliphatic rings. The second-order valence-electron chi connectivity index (χ2n) is 4.58. The molecule has 0 atom stereocenters. The molecule has 0 bridgehead atoms. The number of benzene rings is 1.